The van der Waals surface area contributed by atoms with Gasteiger partial charge in [0.15, 0.2) is 0 Å². The Kier molecular flexibility index (Phi) is 3.95. The molecule has 4 rings (SSSR count). The van der Waals surface area contributed by atoms with Crippen LogP contribution in [0, 0.1) is 5.82 Å². The van der Waals surface area contributed by atoms with Crippen LogP contribution in [0.5, 0.6) is 5.75 Å². The van der Waals surface area contributed by atoms with Gasteiger partial charge in [-0.3, -0.25) is 9.48 Å². The fraction of sp³-hybridized carbons (Fsp3) is 0.200. The molecule has 1 aromatic heterocycles. The topological polar surface area (TPSA) is 70.1 Å². The van der Waals surface area contributed by atoms with Crippen molar-refractivity contribution in [1.82, 2.24) is 9.78 Å². The molecule has 2 N–H and O–H groups in total. The Bertz CT molecular complexity index is 993. The van der Waals surface area contributed by atoms with E-state index in [0.29, 0.717) is 30.8 Å². The smallest absolute Gasteiger partial charge is 0.251 e. The number of carbonyl (C=O) groups is 1. The highest BCUT2D eigenvalue weighted by atomic mass is 19.1. The van der Waals surface area contributed by atoms with Crippen LogP contribution < -0.4 is 10.5 Å². The molecule has 0 radical (unpaired) electrons. The Hall–Kier alpha value is -3.15. The van der Waals surface area contributed by atoms with Crippen molar-refractivity contribution < 1.29 is 13.9 Å². The molecule has 2 heterocycles. The van der Waals surface area contributed by atoms with E-state index < -0.39 is 11.7 Å². The third-order valence-corrected chi connectivity index (χ3v) is 4.64. The molecule has 0 saturated heterocycles. The molecule has 0 fully saturated rings. The lowest BCUT2D eigenvalue weighted by atomic mass is 9.96. The van der Waals surface area contributed by atoms with E-state index in [-0.39, 0.29) is 5.56 Å². The first-order valence-corrected chi connectivity index (χ1v) is 8.37. The first-order chi connectivity index (χ1) is 12.5. The Morgan fingerprint density at radius 3 is 2.73 bits per heavy atom. The van der Waals surface area contributed by atoms with Gasteiger partial charge in [-0.2, -0.15) is 5.10 Å². The summed E-state index contributed by atoms with van der Waals surface area (Å²) in [6, 6.07) is 9.57. The van der Waals surface area contributed by atoms with Gasteiger partial charge in [-0.25, -0.2) is 4.39 Å². The van der Waals surface area contributed by atoms with Crippen LogP contribution in [-0.4, -0.2) is 22.3 Å². The largest absolute Gasteiger partial charge is 0.493 e. The molecule has 3 aromatic rings. The van der Waals surface area contributed by atoms with E-state index in [4.69, 9.17) is 10.5 Å². The summed E-state index contributed by atoms with van der Waals surface area (Å²) in [4.78, 5) is 11.6. The summed E-state index contributed by atoms with van der Waals surface area (Å²) in [6.07, 6.45) is 4.76. The van der Waals surface area contributed by atoms with Gasteiger partial charge in [0.2, 0.25) is 0 Å². The van der Waals surface area contributed by atoms with Crippen LogP contribution in [0.2, 0.25) is 0 Å². The average molecular weight is 351 g/mol. The number of fused-ring (bicyclic) bond motifs is 1. The summed E-state index contributed by atoms with van der Waals surface area (Å²) >= 11 is 0. The molecule has 26 heavy (non-hydrogen) atoms. The highest BCUT2D eigenvalue weighted by Crippen LogP contribution is 2.35. The van der Waals surface area contributed by atoms with Crippen molar-refractivity contribution in [2.45, 2.75) is 12.8 Å². The lowest BCUT2D eigenvalue weighted by Crippen LogP contribution is -2.15. The van der Waals surface area contributed by atoms with Crippen molar-refractivity contribution in [1.29, 1.82) is 0 Å². The maximum absolute atomic E-state index is 14.4. The van der Waals surface area contributed by atoms with E-state index in [1.165, 1.54) is 6.07 Å². The van der Waals surface area contributed by atoms with Gasteiger partial charge < -0.3 is 10.5 Å². The predicted octanol–water partition coefficient (Wildman–Crippen LogP) is 2.85. The van der Waals surface area contributed by atoms with E-state index in [1.54, 1.807) is 4.68 Å². The minimum atomic E-state index is -0.759. The molecular weight excluding hydrogens is 333 g/mol. The minimum absolute atomic E-state index is 0.0729. The van der Waals surface area contributed by atoms with Gasteiger partial charge in [0.25, 0.3) is 5.91 Å². The lowest BCUT2D eigenvalue weighted by molar-refractivity contribution is 0.0996. The van der Waals surface area contributed by atoms with Crippen LogP contribution in [-0.2, 0) is 19.9 Å². The van der Waals surface area contributed by atoms with Crippen LogP contribution in [0.15, 0.2) is 42.7 Å². The normalized spacial score (nSPS) is 12.7. The van der Waals surface area contributed by atoms with E-state index in [1.807, 2.05) is 43.7 Å². The maximum atomic E-state index is 14.4. The summed E-state index contributed by atoms with van der Waals surface area (Å²) < 4.78 is 21.8. The van der Waals surface area contributed by atoms with E-state index in [2.05, 4.69) is 5.10 Å². The number of hydrogen-bond acceptors (Lipinski definition) is 3. The summed E-state index contributed by atoms with van der Waals surface area (Å²) in [6.45, 7) is 0.418. The fourth-order valence-electron chi connectivity index (χ4n) is 3.33. The number of nitrogens with two attached hydrogens (primary N) is 1. The molecule has 0 saturated carbocycles. The Morgan fingerprint density at radius 2 is 2.08 bits per heavy atom. The van der Waals surface area contributed by atoms with Crippen molar-refractivity contribution >= 4 is 5.91 Å². The van der Waals surface area contributed by atoms with Crippen LogP contribution in [0.3, 0.4) is 0 Å². The number of primary amides is 1. The van der Waals surface area contributed by atoms with Crippen LogP contribution in [0.4, 0.5) is 4.39 Å². The van der Waals surface area contributed by atoms with Crippen molar-refractivity contribution in [3.05, 3.63) is 70.8 Å². The zero-order chi connectivity index (χ0) is 18.3. The third-order valence-electron chi connectivity index (χ3n) is 4.64. The van der Waals surface area contributed by atoms with Crippen LogP contribution in [0.25, 0.3) is 11.1 Å². The molecule has 1 amide bonds. The molecule has 5 nitrogen and oxygen atoms in total. The summed E-state index contributed by atoms with van der Waals surface area (Å²) in [7, 11) is 1.88. The second-order valence-electron chi connectivity index (χ2n) is 6.44. The number of rotatable bonds is 4. The minimum Gasteiger partial charge on any atom is -0.493 e. The molecule has 2 aromatic carbocycles. The number of carbonyl (C=O) groups excluding carboxylic acids is 1. The average Bonchev–Trinajstić information content (AvgIpc) is 3.27. The fourth-order valence-corrected chi connectivity index (χ4v) is 3.33. The van der Waals surface area contributed by atoms with Gasteiger partial charge in [0, 0.05) is 37.2 Å². The van der Waals surface area contributed by atoms with Crippen molar-refractivity contribution in [3.63, 3.8) is 0 Å². The molecule has 0 bridgehead atoms. The first kappa shape index (κ1) is 16.3. The zero-order valence-electron chi connectivity index (χ0n) is 14.3. The third kappa shape index (κ3) is 2.83. The lowest BCUT2D eigenvalue weighted by Gasteiger charge is -2.12. The van der Waals surface area contributed by atoms with Crippen molar-refractivity contribution in [2.24, 2.45) is 12.8 Å². The molecule has 0 aliphatic carbocycles. The second-order valence-corrected chi connectivity index (χ2v) is 6.44. The van der Waals surface area contributed by atoms with Gasteiger partial charge >= 0.3 is 0 Å². The van der Waals surface area contributed by atoms with E-state index in [0.717, 1.165) is 22.3 Å². The molecule has 0 unspecified atom stereocenters. The first-order valence-electron chi connectivity index (χ1n) is 8.37. The number of halogens is 1. The molecular formula is C20H18FN3O2. The highest BCUT2D eigenvalue weighted by Gasteiger charge is 2.25. The molecule has 0 atom stereocenters. The number of benzene rings is 2. The second kappa shape index (κ2) is 6.29. The molecule has 6 heteroatoms. The molecule has 1 aliphatic rings. The van der Waals surface area contributed by atoms with Crippen molar-refractivity contribution in [2.75, 3.05) is 6.61 Å². The quantitative estimate of drug-likeness (QED) is 0.786. The predicted molar refractivity (Wildman–Crippen MR) is 95.6 cm³/mol. The molecule has 0 spiro atoms. The van der Waals surface area contributed by atoms with Gasteiger partial charge in [-0.15, -0.1) is 0 Å². The van der Waals surface area contributed by atoms with Crippen LogP contribution >= 0.6 is 0 Å². The SMILES string of the molecule is Cn1cc(-c2ccc(Cc3cc(C(N)=O)c(F)c4c3OCC4)cc2)cn1. The standard InChI is InChI=1S/C20H18FN3O2/c1-24-11-15(10-23-24)13-4-2-12(3-5-13)8-14-9-17(20(22)25)18(21)16-6-7-26-19(14)16/h2-5,9-11H,6-8H2,1H3,(H2,22,25). The van der Waals surface area contributed by atoms with Gasteiger partial charge in [-0.1, -0.05) is 24.3 Å². The van der Waals surface area contributed by atoms with Gasteiger partial charge in [-0.05, 0) is 22.8 Å². The highest BCUT2D eigenvalue weighted by molar-refractivity contribution is 5.94. The van der Waals surface area contributed by atoms with Crippen LogP contribution in [0.1, 0.15) is 27.0 Å². The van der Waals surface area contributed by atoms with Gasteiger partial charge in [0.1, 0.15) is 11.6 Å². The number of amides is 1. The number of hydrogen-bond donors (Lipinski definition) is 1. The summed E-state index contributed by atoms with van der Waals surface area (Å²) in [5.74, 6) is -0.769. The monoisotopic (exact) mass is 351 g/mol. The number of ether oxygens (including phenoxy) is 1. The zero-order valence-corrected chi connectivity index (χ0v) is 14.3. The van der Waals surface area contributed by atoms with E-state index >= 15 is 0 Å². The number of nitrogens with zero attached hydrogens (tertiary/aromatic N) is 2. The number of aryl methyl sites for hydroxylation is 1. The molecule has 132 valence electrons. The number of aromatic nitrogens is 2. The maximum Gasteiger partial charge on any atom is 0.251 e. The Labute approximate surface area is 150 Å². The Morgan fingerprint density at radius 1 is 1.31 bits per heavy atom. The molecule has 1 aliphatic heterocycles. The van der Waals surface area contributed by atoms with Gasteiger partial charge in [0.05, 0.1) is 18.4 Å². The Balaban J connectivity index is 1.66. The van der Waals surface area contributed by atoms with E-state index in [9.17, 15) is 9.18 Å². The summed E-state index contributed by atoms with van der Waals surface area (Å²) in [5, 5.41) is 4.18. The van der Waals surface area contributed by atoms with Crippen molar-refractivity contribution in [3.8, 4) is 16.9 Å². The summed E-state index contributed by atoms with van der Waals surface area (Å²) in [5.41, 5.74) is 9.64.